The molecule has 0 aliphatic carbocycles. The SMILES string of the molecule is O=C(Nc1ccc(Cl)cc1C(F)(F)F)c1ccnc(F)c1. The molecule has 0 atom stereocenters. The van der Waals surface area contributed by atoms with Gasteiger partial charge in [0.15, 0.2) is 0 Å². The molecule has 0 saturated carbocycles. The molecule has 1 heterocycles. The number of nitrogens with zero attached hydrogens (tertiary/aromatic N) is 1. The van der Waals surface area contributed by atoms with Crippen LogP contribution in [0.15, 0.2) is 36.5 Å². The second-order valence-corrected chi connectivity index (χ2v) is 4.45. The first-order valence-electron chi connectivity index (χ1n) is 5.57. The Morgan fingerprint density at radius 2 is 1.90 bits per heavy atom. The van der Waals surface area contributed by atoms with Gasteiger partial charge in [0.25, 0.3) is 5.91 Å². The number of benzene rings is 1. The third kappa shape index (κ3) is 3.69. The number of pyridine rings is 1. The van der Waals surface area contributed by atoms with Crippen molar-refractivity contribution in [3.05, 3.63) is 58.6 Å². The van der Waals surface area contributed by atoms with Gasteiger partial charge in [0, 0.05) is 22.8 Å². The summed E-state index contributed by atoms with van der Waals surface area (Å²) >= 11 is 5.53. The number of anilines is 1. The second-order valence-electron chi connectivity index (χ2n) is 4.01. The monoisotopic (exact) mass is 318 g/mol. The molecule has 0 radical (unpaired) electrons. The first-order valence-corrected chi connectivity index (χ1v) is 5.95. The predicted molar refractivity (Wildman–Crippen MR) is 68.6 cm³/mol. The van der Waals surface area contributed by atoms with E-state index in [4.69, 9.17) is 11.6 Å². The Morgan fingerprint density at radius 1 is 1.19 bits per heavy atom. The van der Waals surface area contributed by atoms with E-state index in [9.17, 15) is 22.4 Å². The zero-order valence-electron chi connectivity index (χ0n) is 10.2. The summed E-state index contributed by atoms with van der Waals surface area (Å²) in [5.41, 5.74) is -1.70. The van der Waals surface area contributed by atoms with Gasteiger partial charge in [0.2, 0.25) is 5.95 Å². The molecule has 0 aliphatic rings. The van der Waals surface area contributed by atoms with Gasteiger partial charge in [-0.25, -0.2) is 4.98 Å². The molecule has 2 aromatic rings. The first kappa shape index (κ1) is 15.2. The van der Waals surface area contributed by atoms with Gasteiger partial charge < -0.3 is 5.32 Å². The number of amides is 1. The lowest BCUT2D eigenvalue weighted by Crippen LogP contribution is -2.17. The van der Waals surface area contributed by atoms with Crippen LogP contribution in [0.25, 0.3) is 0 Å². The summed E-state index contributed by atoms with van der Waals surface area (Å²) in [6.45, 7) is 0. The number of carbonyl (C=O) groups is 1. The van der Waals surface area contributed by atoms with Gasteiger partial charge in [0.1, 0.15) is 0 Å². The Balaban J connectivity index is 2.34. The van der Waals surface area contributed by atoms with Crippen molar-refractivity contribution in [2.45, 2.75) is 6.18 Å². The Labute approximate surface area is 121 Å². The summed E-state index contributed by atoms with van der Waals surface area (Å²) in [5.74, 6) is -1.79. The van der Waals surface area contributed by atoms with Crippen molar-refractivity contribution in [3.63, 3.8) is 0 Å². The smallest absolute Gasteiger partial charge is 0.321 e. The molecular weight excluding hydrogens is 312 g/mol. The average molecular weight is 319 g/mol. The quantitative estimate of drug-likeness (QED) is 0.668. The van der Waals surface area contributed by atoms with Gasteiger partial charge in [-0.2, -0.15) is 17.6 Å². The molecule has 8 heteroatoms. The second kappa shape index (κ2) is 5.69. The molecule has 0 saturated heterocycles. The molecule has 0 aliphatic heterocycles. The van der Waals surface area contributed by atoms with Crippen LogP contribution < -0.4 is 5.32 Å². The molecule has 0 spiro atoms. The molecule has 0 unspecified atom stereocenters. The molecule has 1 amide bonds. The molecule has 3 nitrogen and oxygen atoms in total. The number of aromatic nitrogens is 1. The maximum Gasteiger partial charge on any atom is 0.418 e. The maximum absolute atomic E-state index is 12.9. The third-order valence-corrected chi connectivity index (χ3v) is 2.76. The molecule has 110 valence electrons. The Morgan fingerprint density at radius 3 is 2.52 bits per heavy atom. The van der Waals surface area contributed by atoms with Crippen molar-refractivity contribution in [3.8, 4) is 0 Å². The Bertz CT molecular complexity index is 688. The fourth-order valence-electron chi connectivity index (χ4n) is 1.60. The molecular formula is C13H7ClF4N2O. The van der Waals surface area contributed by atoms with Crippen molar-refractivity contribution < 1.29 is 22.4 Å². The van der Waals surface area contributed by atoms with Crippen LogP contribution in [0.5, 0.6) is 0 Å². The normalized spacial score (nSPS) is 11.3. The zero-order valence-corrected chi connectivity index (χ0v) is 11.0. The fourth-order valence-corrected chi connectivity index (χ4v) is 1.77. The van der Waals surface area contributed by atoms with E-state index in [0.717, 1.165) is 18.3 Å². The topological polar surface area (TPSA) is 42.0 Å². The summed E-state index contributed by atoms with van der Waals surface area (Å²) in [6, 6.07) is 4.94. The molecule has 1 N–H and O–H groups in total. The lowest BCUT2D eigenvalue weighted by molar-refractivity contribution is -0.136. The first-order chi connectivity index (χ1) is 9.77. The van der Waals surface area contributed by atoms with Gasteiger partial charge >= 0.3 is 6.18 Å². The van der Waals surface area contributed by atoms with Crippen LogP contribution in [0, 0.1) is 5.95 Å². The molecule has 21 heavy (non-hydrogen) atoms. The van der Waals surface area contributed by atoms with Gasteiger partial charge in [-0.1, -0.05) is 11.6 Å². The minimum absolute atomic E-state index is 0.115. The van der Waals surface area contributed by atoms with Crippen molar-refractivity contribution >= 4 is 23.2 Å². The van der Waals surface area contributed by atoms with Gasteiger partial charge in [-0.15, -0.1) is 0 Å². The van der Waals surface area contributed by atoms with Gasteiger partial charge in [-0.05, 0) is 24.3 Å². The molecule has 0 bridgehead atoms. The molecule has 1 aromatic carbocycles. The number of hydrogen-bond acceptors (Lipinski definition) is 2. The summed E-state index contributed by atoms with van der Waals surface area (Å²) in [6.07, 6.45) is -3.65. The highest BCUT2D eigenvalue weighted by molar-refractivity contribution is 6.30. The molecule has 1 aromatic heterocycles. The number of rotatable bonds is 2. The Hall–Kier alpha value is -2.15. The standard InChI is InChI=1S/C13H7ClF4N2O/c14-8-1-2-10(9(6-8)13(16,17)18)20-12(21)7-3-4-19-11(15)5-7/h1-6H,(H,20,21). The maximum atomic E-state index is 12.9. The van der Waals surface area contributed by atoms with Crippen molar-refractivity contribution in [1.82, 2.24) is 4.98 Å². The molecule has 2 rings (SSSR count). The van der Waals surface area contributed by atoms with Crippen LogP contribution in [-0.4, -0.2) is 10.9 Å². The van der Waals surface area contributed by atoms with Crippen molar-refractivity contribution in [2.24, 2.45) is 0 Å². The van der Waals surface area contributed by atoms with E-state index >= 15 is 0 Å². The van der Waals surface area contributed by atoms with Crippen LogP contribution in [0.3, 0.4) is 0 Å². The number of halogens is 5. The summed E-state index contributed by atoms with van der Waals surface area (Å²) in [5, 5.41) is 1.96. The van der Waals surface area contributed by atoms with E-state index in [1.807, 2.05) is 0 Å². The lowest BCUT2D eigenvalue weighted by atomic mass is 10.1. The van der Waals surface area contributed by atoms with Crippen molar-refractivity contribution in [2.75, 3.05) is 5.32 Å². The lowest BCUT2D eigenvalue weighted by Gasteiger charge is -2.14. The number of hydrogen-bond donors (Lipinski definition) is 1. The van der Waals surface area contributed by atoms with Crippen LogP contribution in [0.4, 0.5) is 23.2 Å². The molecule has 0 fully saturated rings. The average Bonchev–Trinajstić information content (AvgIpc) is 2.39. The zero-order chi connectivity index (χ0) is 15.6. The minimum atomic E-state index is -4.68. The summed E-state index contributed by atoms with van der Waals surface area (Å²) in [7, 11) is 0. The largest absolute Gasteiger partial charge is 0.418 e. The minimum Gasteiger partial charge on any atom is -0.321 e. The predicted octanol–water partition coefficient (Wildman–Crippen LogP) is 4.15. The highest BCUT2D eigenvalue weighted by atomic mass is 35.5. The van der Waals surface area contributed by atoms with Crippen LogP contribution in [0.2, 0.25) is 5.02 Å². The van der Waals surface area contributed by atoms with E-state index in [1.54, 1.807) is 0 Å². The number of nitrogens with one attached hydrogen (secondary N) is 1. The van der Waals surface area contributed by atoms with E-state index in [2.05, 4.69) is 10.3 Å². The number of carbonyl (C=O) groups excluding carboxylic acids is 1. The van der Waals surface area contributed by atoms with Crippen LogP contribution in [-0.2, 0) is 6.18 Å². The van der Waals surface area contributed by atoms with E-state index in [0.29, 0.717) is 6.07 Å². The highest BCUT2D eigenvalue weighted by Crippen LogP contribution is 2.36. The van der Waals surface area contributed by atoms with Crippen molar-refractivity contribution in [1.29, 1.82) is 0 Å². The summed E-state index contributed by atoms with van der Waals surface area (Å²) < 4.78 is 51.5. The van der Waals surface area contributed by atoms with Crippen LogP contribution in [0.1, 0.15) is 15.9 Å². The highest BCUT2D eigenvalue weighted by Gasteiger charge is 2.34. The summed E-state index contributed by atoms with van der Waals surface area (Å²) in [4.78, 5) is 15.1. The van der Waals surface area contributed by atoms with Crippen LogP contribution >= 0.6 is 11.6 Å². The van der Waals surface area contributed by atoms with Gasteiger partial charge in [0.05, 0.1) is 11.3 Å². The van der Waals surface area contributed by atoms with E-state index in [-0.39, 0.29) is 10.6 Å². The third-order valence-electron chi connectivity index (χ3n) is 2.52. The fraction of sp³-hybridized carbons (Fsp3) is 0.0769. The van der Waals surface area contributed by atoms with Gasteiger partial charge in [-0.3, -0.25) is 4.79 Å². The van der Waals surface area contributed by atoms with E-state index < -0.39 is 29.3 Å². The van der Waals surface area contributed by atoms with E-state index in [1.165, 1.54) is 12.1 Å². The Kier molecular flexibility index (Phi) is 4.13. The number of alkyl halides is 3.